The Balaban J connectivity index is 2.35. The quantitative estimate of drug-likeness (QED) is 0.788. The van der Waals surface area contributed by atoms with E-state index in [0.29, 0.717) is 27.2 Å². The normalized spacial score (nSPS) is 9.78. The smallest absolute Gasteiger partial charge is 0.150 e. The van der Waals surface area contributed by atoms with Gasteiger partial charge >= 0.3 is 0 Å². The predicted octanol–water partition coefficient (Wildman–Crippen LogP) is 3.66. The highest BCUT2D eigenvalue weighted by Gasteiger charge is 2.06. The molecule has 0 radical (unpaired) electrons. The molecule has 88 valence electrons. The lowest BCUT2D eigenvalue weighted by molar-refractivity contribution is 0.112. The van der Waals surface area contributed by atoms with Gasteiger partial charge in [0.15, 0.2) is 0 Å². The molecule has 0 atom stereocenters. The second-order valence-corrected chi connectivity index (χ2v) is 4.66. The molecule has 2 aromatic rings. The average Bonchev–Trinajstić information content (AvgIpc) is 2.39. The number of hydrogen-bond acceptors (Lipinski definition) is 3. The predicted molar refractivity (Wildman–Crippen MR) is 67.1 cm³/mol. The molecule has 0 fully saturated rings. The number of nitriles is 1. The van der Waals surface area contributed by atoms with Crippen LogP contribution in [0.3, 0.4) is 0 Å². The molecule has 0 amide bonds. The second kappa shape index (κ2) is 5.48. The lowest BCUT2D eigenvalue weighted by atomic mass is 10.1. The Morgan fingerprint density at radius 3 is 2.72 bits per heavy atom. The van der Waals surface area contributed by atoms with E-state index in [1.807, 2.05) is 6.07 Å². The van der Waals surface area contributed by atoms with E-state index in [2.05, 4.69) is 0 Å². The fourth-order valence-corrected chi connectivity index (χ4v) is 2.38. The van der Waals surface area contributed by atoms with Crippen molar-refractivity contribution >= 4 is 18.0 Å². The first kappa shape index (κ1) is 12.3. The van der Waals surface area contributed by atoms with E-state index < -0.39 is 0 Å². The van der Waals surface area contributed by atoms with Crippen LogP contribution in [0.15, 0.2) is 52.3 Å². The Hall–Kier alpha value is -2.12. The molecule has 0 saturated carbocycles. The number of halogens is 1. The van der Waals surface area contributed by atoms with E-state index in [4.69, 9.17) is 5.26 Å². The first-order valence-electron chi connectivity index (χ1n) is 5.15. The molecule has 0 heterocycles. The van der Waals surface area contributed by atoms with Crippen molar-refractivity contribution in [2.45, 2.75) is 9.79 Å². The molecule has 0 aliphatic rings. The van der Waals surface area contributed by atoms with E-state index in [1.165, 1.54) is 30.0 Å². The van der Waals surface area contributed by atoms with Crippen molar-refractivity contribution in [2.24, 2.45) is 0 Å². The van der Waals surface area contributed by atoms with Gasteiger partial charge in [0.1, 0.15) is 18.2 Å². The number of rotatable bonds is 3. The van der Waals surface area contributed by atoms with Crippen molar-refractivity contribution in [2.75, 3.05) is 0 Å². The van der Waals surface area contributed by atoms with Crippen LogP contribution in [0, 0.1) is 17.1 Å². The van der Waals surface area contributed by atoms with E-state index in [9.17, 15) is 9.18 Å². The summed E-state index contributed by atoms with van der Waals surface area (Å²) >= 11 is 1.29. The Bertz CT molecular complexity index is 634. The summed E-state index contributed by atoms with van der Waals surface area (Å²) in [6, 6.07) is 13.0. The zero-order chi connectivity index (χ0) is 13.0. The van der Waals surface area contributed by atoms with Crippen LogP contribution in [0.2, 0.25) is 0 Å². The van der Waals surface area contributed by atoms with Crippen molar-refractivity contribution in [3.8, 4) is 6.07 Å². The summed E-state index contributed by atoms with van der Waals surface area (Å²) in [5.41, 5.74) is 0.865. The molecule has 0 aliphatic carbocycles. The van der Waals surface area contributed by atoms with E-state index >= 15 is 0 Å². The van der Waals surface area contributed by atoms with Gasteiger partial charge in [-0.3, -0.25) is 4.79 Å². The molecular formula is C14H8FNOS. The average molecular weight is 257 g/mol. The maximum atomic E-state index is 13.0. The van der Waals surface area contributed by atoms with Crippen LogP contribution < -0.4 is 0 Å². The molecule has 0 spiro atoms. The number of nitrogens with zero attached hydrogens (tertiary/aromatic N) is 1. The highest BCUT2D eigenvalue weighted by Crippen LogP contribution is 2.30. The molecular weight excluding hydrogens is 249 g/mol. The maximum Gasteiger partial charge on any atom is 0.150 e. The summed E-state index contributed by atoms with van der Waals surface area (Å²) in [4.78, 5) is 12.0. The van der Waals surface area contributed by atoms with Crippen LogP contribution >= 0.6 is 11.8 Å². The highest BCUT2D eigenvalue weighted by molar-refractivity contribution is 7.99. The zero-order valence-electron chi connectivity index (χ0n) is 9.26. The Labute approximate surface area is 108 Å². The molecule has 0 aromatic heterocycles. The van der Waals surface area contributed by atoms with Gasteiger partial charge in [0, 0.05) is 15.4 Å². The summed E-state index contributed by atoms with van der Waals surface area (Å²) in [7, 11) is 0. The number of carbonyl (C=O) groups is 1. The summed E-state index contributed by atoms with van der Waals surface area (Å²) in [6.45, 7) is 0. The fourth-order valence-electron chi connectivity index (χ4n) is 1.45. The standard InChI is InChI=1S/C14H8FNOS/c15-12-2-1-3-13(7-12)18-14-5-4-10(9-17)6-11(14)8-16/h1-7,9H. The lowest BCUT2D eigenvalue weighted by Crippen LogP contribution is -1.86. The lowest BCUT2D eigenvalue weighted by Gasteiger charge is -2.04. The largest absolute Gasteiger partial charge is 0.298 e. The number of carbonyl (C=O) groups excluding carboxylic acids is 1. The van der Waals surface area contributed by atoms with E-state index in [0.717, 1.165) is 0 Å². The van der Waals surface area contributed by atoms with E-state index in [1.54, 1.807) is 24.3 Å². The minimum atomic E-state index is -0.317. The molecule has 4 heteroatoms. The summed E-state index contributed by atoms with van der Waals surface area (Å²) in [6.07, 6.45) is 0.692. The van der Waals surface area contributed by atoms with Gasteiger partial charge in [0.2, 0.25) is 0 Å². The van der Waals surface area contributed by atoms with Crippen LogP contribution in [0.5, 0.6) is 0 Å². The van der Waals surface area contributed by atoms with Crippen molar-refractivity contribution in [3.05, 3.63) is 59.4 Å². The number of hydrogen-bond donors (Lipinski definition) is 0. The molecule has 0 saturated heterocycles. The Morgan fingerprint density at radius 1 is 1.22 bits per heavy atom. The van der Waals surface area contributed by atoms with Gasteiger partial charge in [-0.2, -0.15) is 5.26 Å². The van der Waals surface area contributed by atoms with Crippen LogP contribution in [0.4, 0.5) is 4.39 Å². The molecule has 0 unspecified atom stereocenters. The van der Waals surface area contributed by atoms with Gasteiger partial charge in [-0.05, 0) is 30.3 Å². The first-order valence-corrected chi connectivity index (χ1v) is 5.97. The number of aldehydes is 1. The van der Waals surface area contributed by atoms with Gasteiger partial charge in [-0.1, -0.05) is 23.9 Å². The topological polar surface area (TPSA) is 40.9 Å². The first-order chi connectivity index (χ1) is 8.72. The summed E-state index contributed by atoms with van der Waals surface area (Å²) < 4.78 is 13.0. The molecule has 2 rings (SSSR count). The minimum Gasteiger partial charge on any atom is -0.298 e. The molecule has 2 nitrogen and oxygen atoms in total. The maximum absolute atomic E-state index is 13.0. The van der Waals surface area contributed by atoms with Crippen molar-refractivity contribution in [3.63, 3.8) is 0 Å². The summed E-state index contributed by atoms with van der Waals surface area (Å²) in [5, 5.41) is 9.02. The third-order valence-electron chi connectivity index (χ3n) is 2.28. The van der Waals surface area contributed by atoms with Gasteiger partial charge in [0.25, 0.3) is 0 Å². The van der Waals surface area contributed by atoms with Crippen LogP contribution in [-0.2, 0) is 0 Å². The third kappa shape index (κ3) is 2.76. The summed E-state index contributed by atoms with van der Waals surface area (Å²) in [5.74, 6) is -0.317. The van der Waals surface area contributed by atoms with Gasteiger partial charge in [-0.15, -0.1) is 0 Å². The van der Waals surface area contributed by atoms with Crippen molar-refractivity contribution in [1.82, 2.24) is 0 Å². The monoisotopic (exact) mass is 257 g/mol. The zero-order valence-corrected chi connectivity index (χ0v) is 10.1. The molecule has 2 aromatic carbocycles. The van der Waals surface area contributed by atoms with E-state index in [-0.39, 0.29) is 5.82 Å². The molecule has 0 bridgehead atoms. The fraction of sp³-hybridized carbons (Fsp3) is 0. The van der Waals surface area contributed by atoms with Crippen molar-refractivity contribution in [1.29, 1.82) is 5.26 Å². The Kier molecular flexibility index (Phi) is 3.75. The van der Waals surface area contributed by atoms with Crippen LogP contribution in [0.25, 0.3) is 0 Å². The van der Waals surface area contributed by atoms with Gasteiger partial charge in [-0.25, -0.2) is 4.39 Å². The van der Waals surface area contributed by atoms with Gasteiger partial charge in [0.05, 0.1) is 5.56 Å². The van der Waals surface area contributed by atoms with Crippen LogP contribution in [0.1, 0.15) is 15.9 Å². The molecule has 18 heavy (non-hydrogen) atoms. The third-order valence-corrected chi connectivity index (χ3v) is 3.35. The SMILES string of the molecule is N#Cc1cc(C=O)ccc1Sc1cccc(F)c1. The highest BCUT2D eigenvalue weighted by atomic mass is 32.2. The molecule has 0 N–H and O–H groups in total. The number of benzene rings is 2. The van der Waals surface area contributed by atoms with Crippen LogP contribution in [-0.4, -0.2) is 6.29 Å². The Morgan fingerprint density at radius 2 is 2.06 bits per heavy atom. The van der Waals surface area contributed by atoms with Crippen molar-refractivity contribution < 1.29 is 9.18 Å². The van der Waals surface area contributed by atoms with Gasteiger partial charge < -0.3 is 0 Å². The minimum absolute atomic E-state index is 0.317. The molecule has 0 aliphatic heterocycles. The second-order valence-electron chi connectivity index (χ2n) is 3.54.